The predicted octanol–water partition coefficient (Wildman–Crippen LogP) is 5.69. The molecule has 0 saturated carbocycles. The van der Waals surface area contributed by atoms with E-state index in [1.807, 2.05) is 76.8 Å². The van der Waals surface area contributed by atoms with Crippen LogP contribution in [0, 0.1) is 0 Å². The lowest BCUT2D eigenvalue weighted by molar-refractivity contribution is 0.475. The van der Waals surface area contributed by atoms with E-state index in [2.05, 4.69) is 5.10 Å². The van der Waals surface area contributed by atoms with E-state index >= 15 is 0 Å². The summed E-state index contributed by atoms with van der Waals surface area (Å²) in [7, 11) is 0. The van der Waals surface area contributed by atoms with E-state index in [9.17, 15) is 5.11 Å². The number of thiazole rings is 1. The molecule has 1 aromatic heterocycles. The summed E-state index contributed by atoms with van der Waals surface area (Å²) in [6, 6.07) is 24.3. The van der Waals surface area contributed by atoms with Crippen molar-refractivity contribution in [3.8, 4) is 17.0 Å². The maximum atomic E-state index is 9.46. The van der Waals surface area contributed by atoms with Crippen LogP contribution in [0.25, 0.3) is 11.3 Å². The molecule has 4 rings (SSSR count). The summed E-state index contributed by atoms with van der Waals surface area (Å²) in [5.41, 5.74) is 3.69. The number of benzene rings is 3. The van der Waals surface area contributed by atoms with E-state index in [0.717, 1.165) is 27.3 Å². The highest BCUT2D eigenvalue weighted by atomic mass is 35.5. The summed E-state index contributed by atoms with van der Waals surface area (Å²) in [4.78, 5) is 5.47. The monoisotopic (exact) mass is 405 g/mol. The van der Waals surface area contributed by atoms with Crippen LogP contribution >= 0.6 is 22.9 Å². The average molecular weight is 406 g/mol. The second-order valence-electron chi connectivity index (χ2n) is 6.01. The van der Waals surface area contributed by atoms with Gasteiger partial charge in [-0.15, -0.1) is 11.3 Å². The number of hydrogen-bond acceptors (Lipinski definition) is 4. The number of nitrogens with zero attached hydrogens (tertiary/aromatic N) is 3. The largest absolute Gasteiger partial charge is 0.508 e. The first-order valence-electron chi connectivity index (χ1n) is 8.59. The van der Waals surface area contributed by atoms with E-state index in [0.29, 0.717) is 5.02 Å². The van der Waals surface area contributed by atoms with Gasteiger partial charge in [0.2, 0.25) is 4.80 Å². The molecule has 0 aliphatic carbocycles. The third-order valence-corrected chi connectivity index (χ3v) is 5.09. The zero-order valence-corrected chi connectivity index (χ0v) is 16.3. The smallest absolute Gasteiger partial charge is 0.211 e. The van der Waals surface area contributed by atoms with Gasteiger partial charge in [0.05, 0.1) is 17.6 Å². The third kappa shape index (κ3) is 4.22. The van der Waals surface area contributed by atoms with Crippen LogP contribution in [0.15, 0.2) is 94.3 Å². The van der Waals surface area contributed by atoms with E-state index in [-0.39, 0.29) is 5.75 Å². The van der Waals surface area contributed by atoms with E-state index in [1.54, 1.807) is 18.3 Å². The number of aromatic nitrogens is 1. The van der Waals surface area contributed by atoms with Crippen molar-refractivity contribution in [3.63, 3.8) is 0 Å². The maximum Gasteiger partial charge on any atom is 0.211 e. The number of hydrogen-bond donors (Lipinski definition) is 1. The number of aromatic hydroxyl groups is 1. The lowest BCUT2D eigenvalue weighted by atomic mass is 10.2. The third-order valence-electron chi connectivity index (χ3n) is 4.02. The van der Waals surface area contributed by atoms with Crippen molar-refractivity contribution in [3.05, 3.63) is 99.6 Å². The van der Waals surface area contributed by atoms with Crippen LogP contribution in [0.4, 0.5) is 5.69 Å². The molecule has 138 valence electrons. The first-order valence-corrected chi connectivity index (χ1v) is 9.84. The van der Waals surface area contributed by atoms with Gasteiger partial charge in [-0.1, -0.05) is 41.9 Å². The van der Waals surface area contributed by atoms with Crippen LogP contribution in [0.2, 0.25) is 5.02 Å². The molecular weight excluding hydrogens is 390 g/mol. The number of phenols is 1. The normalized spacial score (nSPS) is 12.0. The fourth-order valence-electron chi connectivity index (χ4n) is 2.61. The summed E-state index contributed by atoms with van der Waals surface area (Å²) in [6.45, 7) is 0. The lowest BCUT2D eigenvalue weighted by Crippen LogP contribution is -2.11. The minimum atomic E-state index is 0.226. The Morgan fingerprint density at radius 2 is 1.61 bits per heavy atom. The highest BCUT2D eigenvalue weighted by Crippen LogP contribution is 2.21. The number of halogens is 1. The Morgan fingerprint density at radius 1 is 0.893 bits per heavy atom. The molecular formula is C22H16ClN3OS. The summed E-state index contributed by atoms with van der Waals surface area (Å²) < 4.78 is 1.82. The second-order valence-corrected chi connectivity index (χ2v) is 7.28. The molecule has 0 aliphatic rings. The number of rotatable bonds is 4. The fraction of sp³-hybridized carbons (Fsp3) is 0. The van der Waals surface area contributed by atoms with Crippen LogP contribution in [-0.2, 0) is 0 Å². The Bertz CT molecular complexity index is 1160. The molecule has 1 heterocycles. The highest BCUT2D eigenvalue weighted by Gasteiger charge is 2.07. The van der Waals surface area contributed by atoms with Gasteiger partial charge in [0.1, 0.15) is 5.75 Å². The average Bonchev–Trinajstić information content (AvgIpc) is 3.12. The zero-order valence-electron chi connectivity index (χ0n) is 14.7. The first kappa shape index (κ1) is 18.2. The van der Waals surface area contributed by atoms with Gasteiger partial charge in [-0.3, -0.25) is 0 Å². The fourth-order valence-corrected chi connectivity index (χ4v) is 3.59. The van der Waals surface area contributed by atoms with E-state index < -0.39 is 0 Å². The maximum absolute atomic E-state index is 9.46. The van der Waals surface area contributed by atoms with Crippen molar-refractivity contribution in [1.29, 1.82) is 0 Å². The Morgan fingerprint density at radius 3 is 2.32 bits per heavy atom. The van der Waals surface area contributed by atoms with Gasteiger partial charge < -0.3 is 5.11 Å². The van der Waals surface area contributed by atoms with Crippen molar-refractivity contribution in [2.75, 3.05) is 0 Å². The van der Waals surface area contributed by atoms with Crippen molar-refractivity contribution in [2.24, 2.45) is 10.1 Å². The van der Waals surface area contributed by atoms with Gasteiger partial charge in [-0.2, -0.15) is 5.10 Å². The molecule has 0 bridgehead atoms. The molecule has 0 radical (unpaired) electrons. The molecule has 4 nitrogen and oxygen atoms in total. The Kier molecular flexibility index (Phi) is 5.37. The molecule has 0 fully saturated rings. The molecule has 0 aliphatic heterocycles. The van der Waals surface area contributed by atoms with Crippen LogP contribution in [-0.4, -0.2) is 16.0 Å². The minimum absolute atomic E-state index is 0.226. The molecule has 4 aromatic rings. The van der Waals surface area contributed by atoms with Crippen molar-refractivity contribution in [1.82, 2.24) is 4.68 Å². The van der Waals surface area contributed by atoms with Crippen molar-refractivity contribution >= 4 is 34.8 Å². The minimum Gasteiger partial charge on any atom is -0.508 e. The van der Waals surface area contributed by atoms with Gasteiger partial charge in [0.25, 0.3) is 0 Å². The Hall–Kier alpha value is -3.15. The van der Waals surface area contributed by atoms with E-state index in [4.69, 9.17) is 16.6 Å². The van der Waals surface area contributed by atoms with Crippen molar-refractivity contribution < 1.29 is 5.11 Å². The van der Waals surface area contributed by atoms with Gasteiger partial charge >= 0.3 is 0 Å². The lowest BCUT2D eigenvalue weighted by Gasteiger charge is -2.03. The van der Waals surface area contributed by atoms with Crippen LogP contribution in [0.3, 0.4) is 0 Å². The molecule has 1 N–H and O–H groups in total. The summed E-state index contributed by atoms with van der Waals surface area (Å²) in [5, 5.41) is 16.8. The molecule has 0 saturated heterocycles. The topological polar surface area (TPSA) is 49.9 Å². The van der Waals surface area contributed by atoms with Gasteiger partial charge in [-0.05, 0) is 54.1 Å². The molecule has 0 amide bonds. The molecule has 6 heteroatoms. The summed E-state index contributed by atoms with van der Waals surface area (Å²) in [5.74, 6) is 0.226. The van der Waals surface area contributed by atoms with Crippen LogP contribution < -0.4 is 4.80 Å². The molecule has 28 heavy (non-hydrogen) atoms. The first-order chi connectivity index (χ1) is 13.7. The van der Waals surface area contributed by atoms with Crippen LogP contribution in [0.1, 0.15) is 5.56 Å². The van der Waals surface area contributed by atoms with Crippen molar-refractivity contribution in [2.45, 2.75) is 0 Å². The zero-order chi connectivity index (χ0) is 19.3. The van der Waals surface area contributed by atoms with E-state index in [1.165, 1.54) is 11.3 Å². The molecule has 0 spiro atoms. The predicted molar refractivity (Wildman–Crippen MR) is 116 cm³/mol. The number of phenolic OH excluding ortho intramolecular Hbond substituents is 1. The SMILES string of the molecule is Oc1ccc(/C=N/n2c(-c3ccccc3)csc2=Nc2ccc(Cl)cc2)cc1. The summed E-state index contributed by atoms with van der Waals surface area (Å²) in [6.07, 6.45) is 1.75. The standard InChI is InChI=1S/C22H16ClN3OS/c23-18-8-10-19(11-9-18)25-22-26(24-14-16-6-12-20(27)13-7-16)21(15-28-22)17-4-2-1-3-5-17/h1-15,27H/b24-14+,25-22?. The molecule has 0 unspecified atom stereocenters. The summed E-state index contributed by atoms with van der Waals surface area (Å²) >= 11 is 7.49. The Balaban J connectivity index is 1.81. The Labute approximate surface area is 171 Å². The van der Waals surface area contributed by atoms with Crippen LogP contribution in [0.5, 0.6) is 5.75 Å². The van der Waals surface area contributed by atoms with Gasteiger partial charge in [0.15, 0.2) is 0 Å². The quantitative estimate of drug-likeness (QED) is 0.435. The molecule has 3 aromatic carbocycles. The second kappa shape index (κ2) is 8.25. The molecule has 0 atom stereocenters. The van der Waals surface area contributed by atoms with Gasteiger partial charge in [-0.25, -0.2) is 9.67 Å². The van der Waals surface area contributed by atoms with Gasteiger partial charge in [0, 0.05) is 16.0 Å². The highest BCUT2D eigenvalue weighted by molar-refractivity contribution is 7.07.